The fourth-order valence-corrected chi connectivity index (χ4v) is 2.27. The maximum Gasteiger partial charge on any atom is 0.109 e. The molecule has 0 saturated heterocycles. The Balaban J connectivity index is 1.86. The minimum atomic E-state index is 0.00852. The lowest BCUT2D eigenvalue weighted by atomic mass is 10.0. The average Bonchev–Trinajstić information content (AvgIpc) is 3.25. The highest BCUT2D eigenvalue weighted by molar-refractivity contribution is 5.31. The molecule has 0 amide bonds. The van der Waals surface area contributed by atoms with Crippen LogP contribution in [-0.2, 0) is 4.74 Å². The second kappa shape index (κ2) is 5.54. The summed E-state index contributed by atoms with van der Waals surface area (Å²) in [5.41, 5.74) is 3.61. The first kappa shape index (κ1) is 12.4. The van der Waals surface area contributed by atoms with Crippen LogP contribution in [0.3, 0.4) is 0 Å². The van der Waals surface area contributed by atoms with E-state index in [0.717, 1.165) is 18.1 Å². The van der Waals surface area contributed by atoms with E-state index in [1.165, 1.54) is 24.0 Å². The molecule has 2 heteroatoms. The van der Waals surface area contributed by atoms with Crippen LogP contribution >= 0.6 is 0 Å². The average molecular weight is 253 g/mol. The van der Waals surface area contributed by atoms with E-state index < -0.39 is 0 Å². The van der Waals surface area contributed by atoms with E-state index in [-0.39, 0.29) is 6.10 Å². The lowest BCUT2D eigenvalue weighted by Gasteiger charge is -2.19. The first-order chi connectivity index (χ1) is 9.33. The van der Waals surface area contributed by atoms with Gasteiger partial charge in [0.15, 0.2) is 0 Å². The summed E-state index contributed by atoms with van der Waals surface area (Å²) in [6, 6.07) is 12.6. The van der Waals surface area contributed by atoms with Crippen molar-refractivity contribution in [3.8, 4) is 0 Å². The van der Waals surface area contributed by atoms with Crippen LogP contribution in [0.5, 0.6) is 0 Å². The number of nitrogens with zero attached hydrogens (tertiary/aromatic N) is 1. The van der Waals surface area contributed by atoms with Gasteiger partial charge in [0.2, 0.25) is 0 Å². The van der Waals surface area contributed by atoms with Gasteiger partial charge in [-0.3, -0.25) is 4.98 Å². The highest BCUT2D eigenvalue weighted by Crippen LogP contribution is 2.33. The first-order valence-electron chi connectivity index (χ1n) is 6.91. The second-order valence-electron chi connectivity index (χ2n) is 5.36. The maximum atomic E-state index is 6.15. The van der Waals surface area contributed by atoms with E-state index in [1.54, 1.807) is 6.20 Å². The fourth-order valence-electron chi connectivity index (χ4n) is 2.27. The van der Waals surface area contributed by atoms with Crippen LogP contribution < -0.4 is 0 Å². The third-order valence-electron chi connectivity index (χ3n) is 3.53. The van der Waals surface area contributed by atoms with E-state index in [4.69, 9.17) is 4.74 Å². The lowest BCUT2D eigenvalue weighted by molar-refractivity contribution is 0.0716. The van der Waals surface area contributed by atoms with E-state index in [9.17, 15) is 0 Å². The number of aromatic nitrogens is 1. The molecular formula is C17H19NO. The normalized spacial score (nSPS) is 16.3. The molecule has 3 rings (SSSR count). The number of ether oxygens (including phenoxy) is 1. The van der Waals surface area contributed by atoms with Crippen molar-refractivity contribution >= 4 is 0 Å². The van der Waals surface area contributed by atoms with Gasteiger partial charge in [0.05, 0.1) is 6.61 Å². The van der Waals surface area contributed by atoms with Crippen LogP contribution in [0.1, 0.15) is 35.6 Å². The smallest absolute Gasteiger partial charge is 0.109 e. The third kappa shape index (κ3) is 3.21. The number of aryl methyl sites for hydroxylation is 1. The van der Waals surface area contributed by atoms with Gasteiger partial charge in [-0.15, -0.1) is 0 Å². The first-order valence-corrected chi connectivity index (χ1v) is 6.91. The van der Waals surface area contributed by atoms with Gasteiger partial charge in [-0.2, -0.15) is 0 Å². The van der Waals surface area contributed by atoms with Crippen LogP contribution in [0.25, 0.3) is 0 Å². The predicted octanol–water partition coefficient (Wildman–Crippen LogP) is 3.91. The van der Waals surface area contributed by atoms with Crippen molar-refractivity contribution in [1.29, 1.82) is 0 Å². The van der Waals surface area contributed by atoms with Gasteiger partial charge in [-0.25, -0.2) is 0 Å². The van der Waals surface area contributed by atoms with Crippen LogP contribution in [0.2, 0.25) is 0 Å². The Bertz CT molecular complexity index is 534. The molecule has 1 aliphatic carbocycles. The molecule has 0 radical (unpaired) electrons. The Labute approximate surface area is 114 Å². The highest BCUT2D eigenvalue weighted by atomic mass is 16.5. The van der Waals surface area contributed by atoms with Gasteiger partial charge >= 0.3 is 0 Å². The Hall–Kier alpha value is -1.67. The van der Waals surface area contributed by atoms with E-state index in [0.29, 0.717) is 0 Å². The zero-order valence-electron chi connectivity index (χ0n) is 11.3. The number of pyridine rings is 1. The highest BCUT2D eigenvalue weighted by Gasteiger charge is 2.24. The van der Waals surface area contributed by atoms with Crippen molar-refractivity contribution in [3.63, 3.8) is 0 Å². The molecule has 0 bridgehead atoms. The molecule has 2 aromatic rings. The van der Waals surface area contributed by atoms with Crippen LogP contribution in [0.15, 0.2) is 48.8 Å². The van der Waals surface area contributed by atoms with E-state index in [1.807, 2.05) is 12.3 Å². The van der Waals surface area contributed by atoms with Crippen molar-refractivity contribution in [1.82, 2.24) is 4.98 Å². The Morgan fingerprint density at radius 2 is 2.05 bits per heavy atom. The molecule has 1 fully saturated rings. The van der Waals surface area contributed by atoms with Gasteiger partial charge in [-0.05, 0) is 37.3 Å². The summed E-state index contributed by atoms with van der Waals surface area (Å²) in [5, 5.41) is 0. The SMILES string of the molecule is Cc1cccc(C(OCC2CC2)c2cccnc2)c1. The van der Waals surface area contributed by atoms with Crippen molar-refractivity contribution in [2.75, 3.05) is 6.61 Å². The van der Waals surface area contributed by atoms with E-state index in [2.05, 4.69) is 42.2 Å². The van der Waals surface area contributed by atoms with Crippen LogP contribution in [0.4, 0.5) is 0 Å². The standard InChI is InChI=1S/C17H19NO/c1-13-4-2-5-15(10-13)17(19-12-14-7-8-14)16-6-3-9-18-11-16/h2-6,9-11,14,17H,7-8,12H2,1H3. The number of hydrogen-bond donors (Lipinski definition) is 0. The largest absolute Gasteiger partial charge is 0.368 e. The number of rotatable bonds is 5. The van der Waals surface area contributed by atoms with Crippen LogP contribution in [0, 0.1) is 12.8 Å². The summed E-state index contributed by atoms with van der Waals surface area (Å²) in [6.07, 6.45) is 6.34. The van der Waals surface area contributed by atoms with Gasteiger partial charge in [0, 0.05) is 18.0 Å². The van der Waals surface area contributed by atoms with Gasteiger partial charge < -0.3 is 4.74 Å². The van der Waals surface area contributed by atoms with Crippen LogP contribution in [-0.4, -0.2) is 11.6 Å². The molecule has 1 saturated carbocycles. The van der Waals surface area contributed by atoms with Crippen molar-refractivity contribution in [2.24, 2.45) is 5.92 Å². The molecule has 1 aromatic heterocycles. The second-order valence-corrected chi connectivity index (χ2v) is 5.36. The monoisotopic (exact) mass is 253 g/mol. The quantitative estimate of drug-likeness (QED) is 0.806. The molecule has 19 heavy (non-hydrogen) atoms. The summed E-state index contributed by atoms with van der Waals surface area (Å²) in [4.78, 5) is 4.22. The molecule has 2 nitrogen and oxygen atoms in total. The van der Waals surface area contributed by atoms with Gasteiger partial charge in [-0.1, -0.05) is 35.9 Å². The summed E-state index contributed by atoms with van der Waals surface area (Å²) < 4.78 is 6.15. The van der Waals surface area contributed by atoms with E-state index >= 15 is 0 Å². The molecule has 1 heterocycles. The third-order valence-corrected chi connectivity index (χ3v) is 3.53. The van der Waals surface area contributed by atoms with Crippen molar-refractivity contribution < 1.29 is 4.74 Å². The zero-order chi connectivity index (χ0) is 13.1. The summed E-state index contributed by atoms with van der Waals surface area (Å²) in [5.74, 6) is 0.768. The molecule has 0 N–H and O–H groups in total. The summed E-state index contributed by atoms with van der Waals surface area (Å²) in [6.45, 7) is 2.97. The molecule has 0 aliphatic heterocycles. The number of hydrogen-bond acceptors (Lipinski definition) is 2. The molecule has 98 valence electrons. The summed E-state index contributed by atoms with van der Waals surface area (Å²) >= 11 is 0. The lowest BCUT2D eigenvalue weighted by Crippen LogP contribution is -2.09. The Morgan fingerprint density at radius 1 is 1.21 bits per heavy atom. The molecule has 0 spiro atoms. The Kier molecular flexibility index (Phi) is 3.60. The summed E-state index contributed by atoms with van der Waals surface area (Å²) in [7, 11) is 0. The molecule has 1 aliphatic rings. The van der Waals surface area contributed by atoms with Gasteiger partial charge in [0.1, 0.15) is 6.10 Å². The van der Waals surface area contributed by atoms with Crippen molar-refractivity contribution in [3.05, 3.63) is 65.5 Å². The van der Waals surface area contributed by atoms with Crippen molar-refractivity contribution in [2.45, 2.75) is 25.9 Å². The number of benzene rings is 1. The minimum absolute atomic E-state index is 0.00852. The topological polar surface area (TPSA) is 22.1 Å². The Morgan fingerprint density at radius 3 is 2.74 bits per heavy atom. The zero-order valence-corrected chi connectivity index (χ0v) is 11.3. The molecule has 1 unspecified atom stereocenters. The molecule has 1 atom stereocenters. The fraction of sp³-hybridized carbons (Fsp3) is 0.353. The predicted molar refractivity (Wildman–Crippen MR) is 75.9 cm³/mol. The minimum Gasteiger partial charge on any atom is -0.368 e. The van der Waals surface area contributed by atoms with Gasteiger partial charge in [0.25, 0.3) is 0 Å². The molecule has 1 aromatic carbocycles. The molecular weight excluding hydrogens is 234 g/mol. The maximum absolute atomic E-state index is 6.15.